The molecule has 0 aliphatic heterocycles. The molecule has 11 nitrogen and oxygen atoms in total. The highest BCUT2D eigenvalue weighted by Gasteiger charge is 2.28. The number of hydrogen-bond donors (Lipinski definition) is 2. The van der Waals surface area contributed by atoms with Crippen molar-refractivity contribution in [2.24, 2.45) is 5.10 Å². The Kier molecular flexibility index (Phi) is 11.5. The van der Waals surface area contributed by atoms with E-state index in [0.29, 0.717) is 46.4 Å². The molecular formula is C32H35N3O8S. The van der Waals surface area contributed by atoms with Crippen LogP contribution in [0, 0.1) is 0 Å². The van der Waals surface area contributed by atoms with Gasteiger partial charge in [0.05, 0.1) is 37.2 Å². The van der Waals surface area contributed by atoms with Gasteiger partial charge in [-0.15, -0.1) is 11.3 Å². The lowest BCUT2D eigenvalue weighted by molar-refractivity contribution is -0.136. The Bertz CT molecular complexity index is 1530. The fraction of sp³-hybridized carbons (Fsp3) is 0.344. The zero-order chi connectivity index (χ0) is 31.5. The van der Waals surface area contributed by atoms with Crippen LogP contribution in [0.15, 0.2) is 47.6 Å². The SMILES string of the molecule is CCCOc1ccc(C(=O)Oc2ccc(C=NNC(=O)C(=O)Nc3sc4c(c3C(=O)OCC)CCCC4)cc2OCC)cc1. The van der Waals surface area contributed by atoms with Crippen molar-refractivity contribution in [1.29, 1.82) is 0 Å². The molecule has 1 heterocycles. The molecule has 232 valence electrons. The lowest BCUT2D eigenvalue weighted by Crippen LogP contribution is -2.32. The number of nitrogens with zero attached hydrogens (tertiary/aromatic N) is 1. The van der Waals surface area contributed by atoms with Crippen molar-refractivity contribution in [1.82, 2.24) is 5.43 Å². The number of esters is 2. The maximum Gasteiger partial charge on any atom is 0.343 e. The second-order valence-electron chi connectivity index (χ2n) is 9.69. The van der Waals surface area contributed by atoms with E-state index in [4.69, 9.17) is 18.9 Å². The predicted octanol–water partition coefficient (Wildman–Crippen LogP) is 5.30. The summed E-state index contributed by atoms with van der Waals surface area (Å²) >= 11 is 1.29. The zero-order valence-electron chi connectivity index (χ0n) is 24.9. The molecule has 0 spiro atoms. The molecular weight excluding hydrogens is 586 g/mol. The first-order chi connectivity index (χ1) is 21.3. The number of aryl methyl sites for hydroxylation is 1. The third kappa shape index (κ3) is 8.22. The molecule has 0 unspecified atom stereocenters. The summed E-state index contributed by atoms with van der Waals surface area (Å²) in [4.78, 5) is 51.5. The van der Waals surface area contributed by atoms with Gasteiger partial charge in [0.25, 0.3) is 0 Å². The summed E-state index contributed by atoms with van der Waals surface area (Å²) in [6.45, 7) is 6.60. The van der Waals surface area contributed by atoms with Crippen LogP contribution in [0.1, 0.15) is 76.8 Å². The molecule has 0 saturated heterocycles. The smallest absolute Gasteiger partial charge is 0.343 e. The van der Waals surface area contributed by atoms with E-state index in [9.17, 15) is 19.2 Å². The van der Waals surface area contributed by atoms with E-state index >= 15 is 0 Å². The molecule has 2 aromatic carbocycles. The van der Waals surface area contributed by atoms with E-state index in [1.54, 1.807) is 56.3 Å². The number of ether oxygens (including phenoxy) is 4. The van der Waals surface area contributed by atoms with E-state index in [2.05, 4.69) is 15.8 Å². The normalized spacial score (nSPS) is 12.2. The lowest BCUT2D eigenvalue weighted by atomic mass is 9.95. The Morgan fingerprint density at radius 3 is 2.39 bits per heavy atom. The fourth-order valence-electron chi connectivity index (χ4n) is 4.47. The fourth-order valence-corrected chi connectivity index (χ4v) is 5.75. The molecule has 1 aliphatic rings. The van der Waals surface area contributed by atoms with Gasteiger partial charge in [0.1, 0.15) is 10.8 Å². The highest BCUT2D eigenvalue weighted by molar-refractivity contribution is 7.17. The Morgan fingerprint density at radius 2 is 1.66 bits per heavy atom. The van der Waals surface area contributed by atoms with Crippen LogP contribution >= 0.6 is 11.3 Å². The zero-order valence-corrected chi connectivity index (χ0v) is 25.7. The van der Waals surface area contributed by atoms with Crippen LogP contribution in [0.5, 0.6) is 17.2 Å². The van der Waals surface area contributed by atoms with Crippen molar-refractivity contribution in [3.63, 3.8) is 0 Å². The number of carbonyl (C=O) groups is 4. The molecule has 0 fully saturated rings. The highest BCUT2D eigenvalue weighted by Crippen LogP contribution is 2.38. The molecule has 4 rings (SSSR count). The maximum absolute atomic E-state index is 12.7. The van der Waals surface area contributed by atoms with Crippen molar-refractivity contribution in [2.75, 3.05) is 25.1 Å². The molecule has 0 saturated carbocycles. The Labute approximate surface area is 259 Å². The van der Waals surface area contributed by atoms with Gasteiger partial charge in [-0.25, -0.2) is 15.0 Å². The molecule has 0 radical (unpaired) electrons. The number of amides is 2. The summed E-state index contributed by atoms with van der Waals surface area (Å²) in [5.41, 5.74) is 4.25. The Morgan fingerprint density at radius 1 is 0.886 bits per heavy atom. The largest absolute Gasteiger partial charge is 0.494 e. The van der Waals surface area contributed by atoms with Gasteiger partial charge in [0.15, 0.2) is 11.5 Å². The van der Waals surface area contributed by atoms with Gasteiger partial charge in [-0.05, 0) is 99.5 Å². The molecule has 0 atom stereocenters. The molecule has 1 aromatic heterocycles. The van der Waals surface area contributed by atoms with Gasteiger partial charge < -0.3 is 24.3 Å². The minimum Gasteiger partial charge on any atom is -0.494 e. The lowest BCUT2D eigenvalue weighted by Gasteiger charge is -2.12. The number of thiophene rings is 1. The van der Waals surface area contributed by atoms with E-state index < -0.39 is 23.8 Å². The first-order valence-corrected chi connectivity index (χ1v) is 15.3. The Balaban J connectivity index is 1.38. The number of benzene rings is 2. The van der Waals surface area contributed by atoms with E-state index in [1.165, 1.54) is 17.6 Å². The summed E-state index contributed by atoms with van der Waals surface area (Å²) in [6, 6.07) is 11.4. The van der Waals surface area contributed by atoms with Gasteiger partial charge >= 0.3 is 23.8 Å². The second-order valence-corrected chi connectivity index (χ2v) is 10.8. The average molecular weight is 622 g/mol. The van der Waals surface area contributed by atoms with E-state index in [-0.39, 0.29) is 12.4 Å². The van der Waals surface area contributed by atoms with Gasteiger partial charge in [0, 0.05) is 4.88 Å². The number of hydrogen-bond acceptors (Lipinski definition) is 10. The molecule has 2 amide bonds. The summed E-state index contributed by atoms with van der Waals surface area (Å²) in [7, 11) is 0. The number of anilines is 1. The quantitative estimate of drug-likeness (QED) is 0.0913. The Hall–Kier alpha value is -4.71. The summed E-state index contributed by atoms with van der Waals surface area (Å²) < 4.78 is 21.9. The van der Waals surface area contributed by atoms with Crippen molar-refractivity contribution < 1.29 is 38.1 Å². The first-order valence-electron chi connectivity index (χ1n) is 14.5. The molecule has 0 bridgehead atoms. The number of carbonyl (C=O) groups excluding carboxylic acids is 4. The monoisotopic (exact) mass is 621 g/mol. The third-order valence-corrected chi connectivity index (χ3v) is 7.70. The van der Waals surface area contributed by atoms with E-state index in [1.807, 2.05) is 6.92 Å². The van der Waals surface area contributed by atoms with Crippen molar-refractivity contribution in [2.45, 2.75) is 52.9 Å². The summed E-state index contributed by atoms with van der Waals surface area (Å²) in [5, 5.41) is 6.72. The van der Waals surface area contributed by atoms with Crippen molar-refractivity contribution >= 4 is 46.3 Å². The van der Waals surface area contributed by atoms with Crippen LogP contribution in [-0.4, -0.2) is 49.8 Å². The number of hydrazone groups is 1. The average Bonchev–Trinajstić information content (AvgIpc) is 3.39. The molecule has 2 N–H and O–H groups in total. The van der Waals surface area contributed by atoms with Crippen molar-refractivity contribution in [3.8, 4) is 17.2 Å². The van der Waals surface area contributed by atoms with Gasteiger partial charge in [-0.2, -0.15) is 5.10 Å². The summed E-state index contributed by atoms with van der Waals surface area (Å²) in [5.74, 6) is -1.89. The first kappa shape index (κ1) is 32.2. The maximum atomic E-state index is 12.7. The van der Waals surface area contributed by atoms with Crippen LogP contribution < -0.4 is 25.0 Å². The summed E-state index contributed by atoms with van der Waals surface area (Å²) in [6.07, 6.45) is 5.66. The van der Waals surface area contributed by atoms with Gasteiger partial charge in [0.2, 0.25) is 0 Å². The molecule has 3 aromatic rings. The predicted molar refractivity (Wildman–Crippen MR) is 166 cm³/mol. The molecule has 12 heteroatoms. The number of nitrogens with one attached hydrogen (secondary N) is 2. The minimum atomic E-state index is -1.01. The van der Waals surface area contributed by atoms with Gasteiger partial charge in [-0.3, -0.25) is 9.59 Å². The molecule has 44 heavy (non-hydrogen) atoms. The van der Waals surface area contributed by atoms with Crippen LogP contribution in [0.3, 0.4) is 0 Å². The van der Waals surface area contributed by atoms with Crippen LogP contribution in [0.4, 0.5) is 5.00 Å². The number of rotatable bonds is 12. The standard InChI is InChI=1S/C32H35N3O8S/c1-4-17-42-22-14-12-21(13-15-22)31(38)43-24-16-11-20(18-25(24)40-5-2)19-33-35-29(37)28(36)34-30-27(32(39)41-6-3)23-9-7-8-10-26(23)44-30/h11-16,18-19H,4-10,17H2,1-3H3,(H,34,36)(H,35,37). The highest BCUT2D eigenvalue weighted by atomic mass is 32.1. The number of fused-ring (bicyclic) bond motifs is 1. The van der Waals surface area contributed by atoms with Crippen LogP contribution in [-0.2, 0) is 27.2 Å². The van der Waals surface area contributed by atoms with Crippen LogP contribution in [0.25, 0.3) is 0 Å². The molecule has 1 aliphatic carbocycles. The topological polar surface area (TPSA) is 142 Å². The third-order valence-electron chi connectivity index (χ3n) is 6.50. The second kappa shape index (κ2) is 15.7. The van der Waals surface area contributed by atoms with Crippen molar-refractivity contribution in [3.05, 3.63) is 69.6 Å². The van der Waals surface area contributed by atoms with Gasteiger partial charge in [-0.1, -0.05) is 6.92 Å². The van der Waals surface area contributed by atoms with Crippen LogP contribution in [0.2, 0.25) is 0 Å². The van der Waals surface area contributed by atoms with E-state index in [0.717, 1.165) is 42.5 Å². The minimum absolute atomic E-state index is 0.198.